The highest BCUT2D eigenvalue weighted by Gasteiger charge is 2.01. The summed E-state index contributed by atoms with van der Waals surface area (Å²) in [6.07, 6.45) is 1.76. The fourth-order valence-corrected chi connectivity index (χ4v) is 2.04. The molecular formula is C12H11BrIN3. The number of hydrogen-bond donors (Lipinski definition) is 2. The second kappa shape index (κ2) is 5.22. The van der Waals surface area contributed by atoms with Gasteiger partial charge in [0.2, 0.25) is 0 Å². The zero-order valence-corrected chi connectivity index (χ0v) is 12.9. The highest BCUT2D eigenvalue weighted by atomic mass is 127. The largest absolute Gasteiger partial charge is 0.398 e. The lowest BCUT2D eigenvalue weighted by atomic mass is 10.2. The fraction of sp³-hybridized carbons (Fsp3) is 0.0833. The maximum atomic E-state index is 5.84. The lowest BCUT2D eigenvalue weighted by Gasteiger charge is -2.08. The van der Waals surface area contributed by atoms with E-state index in [4.69, 9.17) is 5.73 Å². The third-order valence-electron chi connectivity index (χ3n) is 2.34. The monoisotopic (exact) mass is 403 g/mol. The molecule has 0 fully saturated rings. The molecule has 3 N–H and O–H groups in total. The molecule has 0 aliphatic rings. The Morgan fingerprint density at radius 2 is 2.12 bits per heavy atom. The van der Waals surface area contributed by atoms with Crippen molar-refractivity contribution in [2.24, 2.45) is 0 Å². The molecule has 0 unspecified atom stereocenters. The van der Waals surface area contributed by atoms with Crippen molar-refractivity contribution in [2.45, 2.75) is 6.92 Å². The Balaban J connectivity index is 2.25. The molecule has 88 valence electrons. The molecule has 0 saturated heterocycles. The van der Waals surface area contributed by atoms with E-state index in [0.717, 1.165) is 27.2 Å². The van der Waals surface area contributed by atoms with Crippen LogP contribution in [0.3, 0.4) is 0 Å². The van der Waals surface area contributed by atoms with Crippen molar-refractivity contribution in [3.63, 3.8) is 0 Å². The van der Waals surface area contributed by atoms with Gasteiger partial charge >= 0.3 is 0 Å². The number of aryl methyl sites for hydroxylation is 1. The number of pyridine rings is 1. The number of hydrogen-bond acceptors (Lipinski definition) is 3. The molecule has 17 heavy (non-hydrogen) atoms. The molecular weight excluding hydrogens is 393 g/mol. The van der Waals surface area contributed by atoms with Crippen molar-refractivity contribution in [1.29, 1.82) is 0 Å². The van der Waals surface area contributed by atoms with Gasteiger partial charge in [-0.3, -0.25) is 0 Å². The van der Waals surface area contributed by atoms with Crippen LogP contribution in [0.2, 0.25) is 0 Å². The summed E-state index contributed by atoms with van der Waals surface area (Å²) in [5.74, 6) is 0.751. The molecule has 1 aromatic heterocycles. The molecule has 0 radical (unpaired) electrons. The predicted octanol–water partition coefficient (Wildman–Crippen LogP) is 4.08. The SMILES string of the molecule is Cc1cnc(Nc2ccc(I)c(Br)c2)cc1N. The van der Waals surface area contributed by atoms with Crippen LogP contribution in [0.25, 0.3) is 0 Å². The second-order valence-electron chi connectivity index (χ2n) is 3.68. The van der Waals surface area contributed by atoms with Gasteiger partial charge in [0, 0.05) is 31.7 Å². The third-order valence-corrected chi connectivity index (χ3v) is 4.67. The lowest BCUT2D eigenvalue weighted by molar-refractivity contribution is 1.26. The van der Waals surface area contributed by atoms with Crippen LogP contribution >= 0.6 is 38.5 Å². The van der Waals surface area contributed by atoms with Gasteiger partial charge in [-0.15, -0.1) is 0 Å². The smallest absolute Gasteiger partial charge is 0.132 e. The first-order chi connectivity index (χ1) is 8.06. The van der Waals surface area contributed by atoms with Crippen LogP contribution in [0.4, 0.5) is 17.2 Å². The molecule has 0 aliphatic heterocycles. The summed E-state index contributed by atoms with van der Waals surface area (Å²) < 4.78 is 2.23. The van der Waals surface area contributed by atoms with E-state index in [-0.39, 0.29) is 0 Å². The quantitative estimate of drug-likeness (QED) is 0.742. The molecule has 3 nitrogen and oxygen atoms in total. The number of nitrogens with zero attached hydrogens (tertiary/aromatic N) is 1. The Morgan fingerprint density at radius 1 is 1.35 bits per heavy atom. The lowest BCUT2D eigenvalue weighted by Crippen LogP contribution is -1.97. The molecule has 0 spiro atoms. The summed E-state index contributed by atoms with van der Waals surface area (Å²) in [7, 11) is 0. The van der Waals surface area contributed by atoms with Crippen LogP contribution in [0.5, 0.6) is 0 Å². The van der Waals surface area contributed by atoms with Crippen molar-refractivity contribution < 1.29 is 0 Å². The van der Waals surface area contributed by atoms with Gasteiger partial charge in [-0.05, 0) is 69.2 Å². The Kier molecular flexibility index (Phi) is 3.88. The van der Waals surface area contributed by atoms with Crippen molar-refractivity contribution in [1.82, 2.24) is 4.98 Å². The van der Waals surface area contributed by atoms with Crippen LogP contribution < -0.4 is 11.1 Å². The molecule has 2 rings (SSSR count). The van der Waals surface area contributed by atoms with Crippen molar-refractivity contribution in [3.8, 4) is 0 Å². The first kappa shape index (κ1) is 12.6. The van der Waals surface area contributed by atoms with Crippen LogP contribution in [0.1, 0.15) is 5.56 Å². The first-order valence-electron chi connectivity index (χ1n) is 5.00. The zero-order valence-electron chi connectivity index (χ0n) is 9.17. The van der Waals surface area contributed by atoms with Gasteiger partial charge in [-0.1, -0.05) is 0 Å². The Morgan fingerprint density at radius 3 is 2.76 bits per heavy atom. The maximum Gasteiger partial charge on any atom is 0.132 e. The number of nitrogen functional groups attached to an aromatic ring is 1. The molecule has 1 aromatic carbocycles. The van der Waals surface area contributed by atoms with E-state index in [1.54, 1.807) is 6.20 Å². The number of halogens is 2. The van der Waals surface area contributed by atoms with Gasteiger partial charge in [-0.25, -0.2) is 4.98 Å². The van der Waals surface area contributed by atoms with Crippen LogP contribution in [-0.2, 0) is 0 Å². The normalized spacial score (nSPS) is 10.3. The summed E-state index contributed by atoms with van der Waals surface area (Å²) in [5.41, 5.74) is 8.55. The maximum absolute atomic E-state index is 5.84. The molecule has 0 saturated carbocycles. The van der Waals surface area contributed by atoms with E-state index >= 15 is 0 Å². The highest BCUT2D eigenvalue weighted by Crippen LogP contribution is 2.25. The summed E-state index contributed by atoms with van der Waals surface area (Å²) in [5, 5.41) is 3.22. The minimum Gasteiger partial charge on any atom is -0.398 e. The number of benzene rings is 1. The van der Waals surface area contributed by atoms with E-state index in [2.05, 4.69) is 48.8 Å². The zero-order chi connectivity index (χ0) is 12.4. The van der Waals surface area contributed by atoms with Gasteiger partial charge in [0.05, 0.1) is 0 Å². The van der Waals surface area contributed by atoms with E-state index in [0.29, 0.717) is 0 Å². The number of rotatable bonds is 2. The summed E-state index contributed by atoms with van der Waals surface area (Å²) in [6.45, 7) is 1.94. The molecule has 1 heterocycles. The van der Waals surface area contributed by atoms with Crippen molar-refractivity contribution in [3.05, 3.63) is 44.1 Å². The van der Waals surface area contributed by atoms with Gasteiger partial charge < -0.3 is 11.1 Å². The molecule has 5 heteroatoms. The molecule has 0 aliphatic carbocycles. The van der Waals surface area contributed by atoms with Crippen molar-refractivity contribution in [2.75, 3.05) is 11.1 Å². The van der Waals surface area contributed by atoms with Crippen LogP contribution in [0.15, 0.2) is 34.9 Å². The first-order valence-corrected chi connectivity index (χ1v) is 6.87. The van der Waals surface area contributed by atoms with E-state index in [1.165, 1.54) is 3.57 Å². The van der Waals surface area contributed by atoms with Crippen molar-refractivity contribution >= 4 is 55.7 Å². The Hall–Kier alpha value is -0.820. The standard InChI is InChI=1S/C12H11BrIN3/c1-7-6-16-12(5-11(7)15)17-8-2-3-10(14)9(13)4-8/h2-6H,1H3,(H3,15,16,17). The van der Waals surface area contributed by atoms with Gasteiger partial charge in [-0.2, -0.15) is 0 Å². The Labute approximate surface area is 122 Å². The van der Waals surface area contributed by atoms with E-state index in [9.17, 15) is 0 Å². The minimum atomic E-state index is 0.743. The van der Waals surface area contributed by atoms with Gasteiger partial charge in [0.15, 0.2) is 0 Å². The third kappa shape index (κ3) is 3.10. The summed E-state index contributed by atoms with van der Waals surface area (Å²) in [6, 6.07) is 7.88. The fourth-order valence-electron chi connectivity index (χ4n) is 1.33. The minimum absolute atomic E-state index is 0.743. The van der Waals surface area contributed by atoms with E-state index in [1.807, 2.05) is 31.2 Å². The number of aromatic nitrogens is 1. The molecule has 2 aromatic rings. The number of nitrogens with one attached hydrogen (secondary N) is 1. The summed E-state index contributed by atoms with van der Waals surface area (Å²) >= 11 is 5.76. The number of anilines is 3. The highest BCUT2D eigenvalue weighted by molar-refractivity contribution is 14.1. The van der Waals surface area contributed by atoms with Crippen LogP contribution in [-0.4, -0.2) is 4.98 Å². The average molecular weight is 404 g/mol. The van der Waals surface area contributed by atoms with Crippen LogP contribution in [0, 0.1) is 10.5 Å². The van der Waals surface area contributed by atoms with Gasteiger partial charge in [0.1, 0.15) is 5.82 Å². The molecule has 0 atom stereocenters. The van der Waals surface area contributed by atoms with E-state index < -0.39 is 0 Å². The second-order valence-corrected chi connectivity index (χ2v) is 5.70. The average Bonchev–Trinajstić information content (AvgIpc) is 2.29. The number of nitrogens with two attached hydrogens (primary N) is 1. The Bertz CT molecular complexity index is 508. The predicted molar refractivity (Wildman–Crippen MR) is 83.5 cm³/mol. The molecule has 0 bridgehead atoms. The molecule has 0 amide bonds. The topological polar surface area (TPSA) is 50.9 Å². The summed E-state index contributed by atoms with van der Waals surface area (Å²) in [4.78, 5) is 4.28. The van der Waals surface area contributed by atoms with Gasteiger partial charge in [0.25, 0.3) is 0 Å².